The van der Waals surface area contributed by atoms with Gasteiger partial charge >= 0.3 is 0 Å². The molecule has 1 atom stereocenters. The molecular weight excluding hydrogens is 114 g/mol. The SMILES string of the molecule is COC(=N)[C@H]1CC1(C)C. The first kappa shape index (κ1) is 6.59. The van der Waals surface area contributed by atoms with Crippen molar-refractivity contribution in [2.24, 2.45) is 11.3 Å². The van der Waals surface area contributed by atoms with Crippen molar-refractivity contribution in [1.82, 2.24) is 0 Å². The Morgan fingerprint density at radius 1 is 1.67 bits per heavy atom. The fraction of sp³-hybridized carbons (Fsp3) is 0.857. The van der Waals surface area contributed by atoms with Gasteiger partial charge in [-0.05, 0) is 11.8 Å². The van der Waals surface area contributed by atoms with Crippen LogP contribution in [-0.4, -0.2) is 13.0 Å². The normalized spacial score (nSPS) is 29.4. The molecule has 0 aromatic rings. The molecule has 1 N–H and O–H groups in total. The highest BCUT2D eigenvalue weighted by Crippen LogP contribution is 2.52. The Bertz CT molecular complexity index is 140. The van der Waals surface area contributed by atoms with E-state index < -0.39 is 0 Å². The van der Waals surface area contributed by atoms with E-state index in [4.69, 9.17) is 10.1 Å². The Balaban J connectivity index is 2.42. The third-order valence-corrected chi connectivity index (χ3v) is 2.05. The predicted octanol–water partition coefficient (Wildman–Crippen LogP) is 1.66. The van der Waals surface area contributed by atoms with Crippen LogP contribution in [0.25, 0.3) is 0 Å². The summed E-state index contributed by atoms with van der Waals surface area (Å²) >= 11 is 0. The minimum absolute atomic E-state index is 0.340. The summed E-state index contributed by atoms with van der Waals surface area (Å²) in [6, 6.07) is 0. The van der Waals surface area contributed by atoms with Gasteiger partial charge in [0, 0.05) is 5.92 Å². The van der Waals surface area contributed by atoms with Gasteiger partial charge in [0.15, 0.2) is 5.90 Å². The highest BCUT2D eigenvalue weighted by atomic mass is 16.5. The summed E-state index contributed by atoms with van der Waals surface area (Å²) in [6.07, 6.45) is 1.11. The summed E-state index contributed by atoms with van der Waals surface area (Å²) in [5, 5.41) is 7.29. The van der Waals surface area contributed by atoms with E-state index in [0.29, 0.717) is 17.2 Å². The number of methoxy groups -OCH3 is 1. The lowest BCUT2D eigenvalue weighted by Gasteiger charge is -2.02. The molecule has 0 saturated heterocycles. The quantitative estimate of drug-likeness (QED) is 0.421. The van der Waals surface area contributed by atoms with E-state index in [2.05, 4.69) is 13.8 Å². The molecule has 1 fully saturated rings. The number of nitrogens with one attached hydrogen (secondary N) is 1. The Hall–Kier alpha value is -0.530. The van der Waals surface area contributed by atoms with Crippen LogP contribution < -0.4 is 0 Å². The number of rotatable bonds is 1. The van der Waals surface area contributed by atoms with Crippen molar-refractivity contribution in [1.29, 1.82) is 5.41 Å². The van der Waals surface area contributed by atoms with E-state index in [1.165, 1.54) is 0 Å². The molecule has 0 bridgehead atoms. The maximum atomic E-state index is 7.29. The van der Waals surface area contributed by atoms with Crippen LogP contribution in [0, 0.1) is 16.7 Å². The molecule has 0 amide bonds. The molecule has 9 heavy (non-hydrogen) atoms. The van der Waals surface area contributed by atoms with Crippen molar-refractivity contribution in [3.8, 4) is 0 Å². The molecule has 1 saturated carbocycles. The number of hydrogen-bond acceptors (Lipinski definition) is 2. The van der Waals surface area contributed by atoms with Gasteiger partial charge < -0.3 is 4.74 Å². The zero-order valence-electron chi connectivity index (χ0n) is 6.19. The van der Waals surface area contributed by atoms with Crippen LogP contribution >= 0.6 is 0 Å². The number of ether oxygens (including phenoxy) is 1. The first-order valence-electron chi connectivity index (χ1n) is 3.20. The van der Waals surface area contributed by atoms with Crippen molar-refractivity contribution >= 4 is 5.90 Å². The van der Waals surface area contributed by atoms with Crippen LogP contribution in [0.4, 0.5) is 0 Å². The average Bonchev–Trinajstić information content (AvgIpc) is 2.38. The van der Waals surface area contributed by atoms with Gasteiger partial charge in [-0.1, -0.05) is 13.8 Å². The van der Waals surface area contributed by atoms with Crippen molar-refractivity contribution in [3.63, 3.8) is 0 Å². The molecule has 0 spiro atoms. The van der Waals surface area contributed by atoms with Crippen LogP contribution in [0.15, 0.2) is 0 Å². The Kier molecular flexibility index (Phi) is 1.26. The maximum absolute atomic E-state index is 7.29. The van der Waals surface area contributed by atoms with Gasteiger partial charge in [0.25, 0.3) is 0 Å². The van der Waals surface area contributed by atoms with Crippen LogP contribution in [0.2, 0.25) is 0 Å². The smallest absolute Gasteiger partial charge is 0.183 e. The molecule has 1 aliphatic carbocycles. The van der Waals surface area contributed by atoms with Gasteiger partial charge in [0.1, 0.15) is 0 Å². The predicted molar refractivity (Wildman–Crippen MR) is 36.6 cm³/mol. The standard InChI is InChI=1S/C7H13NO/c1-7(2)4-5(7)6(8)9-3/h5,8H,4H2,1-3H3/t5-/m1/s1. The van der Waals surface area contributed by atoms with E-state index in [9.17, 15) is 0 Å². The summed E-state index contributed by atoms with van der Waals surface area (Å²) in [6.45, 7) is 4.32. The van der Waals surface area contributed by atoms with Gasteiger partial charge in [-0.15, -0.1) is 0 Å². The summed E-state index contributed by atoms with van der Waals surface area (Å²) in [4.78, 5) is 0. The summed E-state index contributed by atoms with van der Waals surface area (Å²) in [7, 11) is 1.57. The molecule has 0 radical (unpaired) electrons. The second-order valence-electron chi connectivity index (χ2n) is 3.31. The lowest BCUT2D eigenvalue weighted by atomic mass is 10.1. The molecule has 1 rings (SSSR count). The molecule has 0 aromatic heterocycles. The lowest BCUT2D eigenvalue weighted by molar-refractivity contribution is 0.373. The van der Waals surface area contributed by atoms with Crippen LogP contribution in [0.1, 0.15) is 20.3 Å². The van der Waals surface area contributed by atoms with Gasteiger partial charge in [-0.25, -0.2) is 0 Å². The van der Waals surface area contributed by atoms with E-state index >= 15 is 0 Å². The second-order valence-corrected chi connectivity index (χ2v) is 3.31. The molecule has 0 aliphatic heterocycles. The van der Waals surface area contributed by atoms with Crippen LogP contribution in [0.5, 0.6) is 0 Å². The third kappa shape index (κ3) is 1.07. The highest BCUT2D eigenvalue weighted by molar-refractivity contribution is 5.79. The summed E-state index contributed by atoms with van der Waals surface area (Å²) in [5.74, 6) is 0.836. The molecule has 52 valence electrons. The highest BCUT2D eigenvalue weighted by Gasteiger charge is 2.49. The number of hydrogen-bond donors (Lipinski definition) is 1. The lowest BCUT2D eigenvalue weighted by Crippen LogP contribution is -2.05. The Morgan fingerprint density at radius 2 is 2.11 bits per heavy atom. The van der Waals surface area contributed by atoms with Crippen molar-refractivity contribution in [2.45, 2.75) is 20.3 Å². The fourth-order valence-electron chi connectivity index (χ4n) is 1.06. The minimum Gasteiger partial charge on any atom is -0.484 e. The summed E-state index contributed by atoms with van der Waals surface area (Å²) < 4.78 is 4.79. The Morgan fingerprint density at radius 3 is 2.22 bits per heavy atom. The zero-order valence-corrected chi connectivity index (χ0v) is 6.19. The van der Waals surface area contributed by atoms with Crippen molar-refractivity contribution < 1.29 is 4.74 Å². The third-order valence-electron chi connectivity index (χ3n) is 2.05. The van der Waals surface area contributed by atoms with Crippen LogP contribution in [-0.2, 0) is 4.74 Å². The topological polar surface area (TPSA) is 33.1 Å². The molecular formula is C7H13NO. The molecule has 1 aliphatic rings. The van der Waals surface area contributed by atoms with Gasteiger partial charge in [-0.2, -0.15) is 0 Å². The van der Waals surface area contributed by atoms with Crippen molar-refractivity contribution in [2.75, 3.05) is 7.11 Å². The minimum atomic E-state index is 0.340. The molecule has 2 heteroatoms. The van der Waals surface area contributed by atoms with Gasteiger partial charge in [0.2, 0.25) is 0 Å². The maximum Gasteiger partial charge on any atom is 0.183 e. The molecule has 2 nitrogen and oxygen atoms in total. The first-order valence-corrected chi connectivity index (χ1v) is 3.20. The largest absolute Gasteiger partial charge is 0.484 e. The van der Waals surface area contributed by atoms with E-state index in [0.717, 1.165) is 6.42 Å². The zero-order chi connectivity index (χ0) is 7.07. The van der Waals surface area contributed by atoms with Crippen molar-refractivity contribution in [3.05, 3.63) is 0 Å². The first-order chi connectivity index (χ1) is 4.08. The van der Waals surface area contributed by atoms with Gasteiger partial charge in [-0.3, -0.25) is 5.41 Å². The fourth-order valence-corrected chi connectivity index (χ4v) is 1.06. The summed E-state index contributed by atoms with van der Waals surface area (Å²) in [5.41, 5.74) is 0.340. The molecule has 0 aromatic carbocycles. The van der Waals surface area contributed by atoms with E-state index in [1.54, 1.807) is 7.11 Å². The van der Waals surface area contributed by atoms with Crippen LogP contribution in [0.3, 0.4) is 0 Å². The monoisotopic (exact) mass is 127 g/mol. The van der Waals surface area contributed by atoms with Gasteiger partial charge in [0.05, 0.1) is 7.11 Å². The second kappa shape index (κ2) is 1.72. The average molecular weight is 127 g/mol. The molecule has 0 heterocycles. The Labute approximate surface area is 55.7 Å². The van der Waals surface area contributed by atoms with E-state index in [1.807, 2.05) is 0 Å². The van der Waals surface area contributed by atoms with E-state index in [-0.39, 0.29) is 0 Å². The molecule has 0 unspecified atom stereocenters.